The quantitative estimate of drug-likeness (QED) is 0.153. The second-order valence-electron chi connectivity index (χ2n) is 16.3. The first-order valence-electron chi connectivity index (χ1n) is 20.7. The van der Waals surface area contributed by atoms with Gasteiger partial charge in [-0.15, -0.1) is 0 Å². The third-order valence-corrected chi connectivity index (χ3v) is 12.4. The van der Waals surface area contributed by atoms with Crippen LogP contribution in [0.15, 0.2) is 200 Å². The van der Waals surface area contributed by atoms with E-state index in [1.54, 1.807) is 0 Å². The van der Waals surface area contributed by atoms with Gasteiger partial charge in [-0.05, 0) is 103 Å². The van der Waals surface area contributed by atoms with Crippen molar-refractivity contribution in [2.75, 3.05) is 4.90 Å². The Morgan fingerprint density at radius 1 is 0.517 bits per heavy atom. The van der Waals surface area contributed by atoms with Crippen molar-refractivity contribution in [3.63, 3.8) is 0 Å². The molecule has 2 nitrogen and oxygen atoms in total. The van der Waals surface area contributed by atoms with E-state index in [1.807, 2.05) is 12.1 Å². The van der Waals surface area contributed by atoms with Crippen LogP contribution in [0.5, 0.6) is 11.5 Å². The smallest absolute Gasteiger partial charge is 0.136 e. The normalized spacial score (nSPS) is 12.6. The molecule has 11 rings (SSSR count). The zero-order valence-corrected chi connectivity index (χ0v) is 33.6. The van der Waals surface area contributed by atoms with Gasteiger partial charge in [0.1, 0.15) is 11.5 Å². The summed E-state index contributed by atoms with van der Waals surface area (Å²) in [5.74, 6) is 1.70. The van der Waals surface area contributed by atoms with Crippen molar-refractivity contribution in [1.29, 1.82) is 0 Å². The van der Waals surface area contributed by atoms with Crippen molar-refractivity contribution in [2.24, 2.45) is 0 Å². The second kappa shape index (κ2) is 14.3. The first-order chi connectivity index (χ1) is 29.5. The fourth-order valence-corrected chi connectivity index (χ4v) is 9.59. The first-order valence-corrected chi connectivity index (χ1v) is 20.7. The number of fused-ring (bicyclic) bond motifs is 7. The monoisotopic (exact) mass is 767 g/mol. The Morgan fingerprint density at radius 2 is 1.17 bits per heavy atom. The topological polar surface area (TPSA) is 12.5 Å². The van der Waals surface area contributed by atoms with Crippen LogP contribution < -0.4 is 9.64 Å². The van der Waals surface area contributed by atoms with Crippen molar-refractivity contribution < 1.29 is 4.74 Å². The molecule has 0 radical (unpaired) electrons. The van der Waals surface area contributed by atoms with E-state index < -0.39 is 0 Å². The van der Waals surface area contributed by atoms with E-state index in [4.69, 9.17) is 4.74 Å². The minimum Gasteiger partial charge on any atom is -0.456 e. The summed E-state index contributed by atoms with van der Waals surface area (Å²) in [6.45, 7) is 5.33. The van der Waals surface area contributed by atoms with Gasteiger partial charge in [0.25, 0.3) is 0 Å². The summed E-state index contributed by atoms with van der Waals surface area (Å²) >= 11 is 0. The highest BCUT2D eigenvalue weighted by molar-refractivity contribution is 6.08. The van der Waals surface area contributed by atoms with Gasteiger partial charge in [0.15, 0.2) is 0 Å². The van der Waals surface area contributed by atoms with E-state index >= 15 is 0 Å². The van der Waals surface area contributed by atoms with Gasteiger partial charge in [0.05, 0.1) is 6.54 Å². The Balaban J connectivity index is 1.07. The molecule has 1 aliphatic rings. The average molecular weight is 768 g/mol. The molecule has 0 saturated heterocycles. The molecule has 10 aromatic carbocycles. The van der Waals surface area contributed by atoms with Gasteiger partial charge in [-0.25, -0.2) is 0 Å². The van der Waals surface area contributed by atoms with Gasteiger partial charge in [0, 0.05) is 38.9 Å². The fraction of sp³-hybridized carbons (Fsp3) is 0.0690. The van der Waals surface area contributed by atoms with E-state index in [2.05, 4.69) is 219 Å². The van der Waals surface area contributed by atoms with Crippen LogP contribution in [0, 0.1) is 12.1 Å². The highest BCUT2D eigenvalue weighted by Gasteiger charge is 2.41. The molecule has 0 atom stereocenters. The number of rotatable bonds is 8. The van der Waals surface area contributed by atoms with Gasteiger partial charge < -0.3 is 9.64 Å². The standard InChI is InChI=1S/C58H41NO/c1-58(2)51-30-16-29-50(49-28-14-23-41-19-6-10-25-46(41)49)55(51)56-54(37-43-21-8-12-27-48(43)57(56)58)60-53-32-13-9-22-44(53)38-59(52-31-15-24-42-20-7-11-26-47(42)52)45-35-33-40(34-36-45)39-17-4-3-5-18-39/h3-4,6-17,19-37H,38H2,1-2H3. The summed E-state index contributed by atoms with van der Waals surface area (Å²) in [4.78, 5) is 2.41. The molecule has 0 heterocycles. The molecule has 0 unspecified atom stereocenters. The minimum atomic E-state index is -0.267. The molecule has 2 heteroatoms. The largest absolute Gasteiger partial charge is 0.456 e. The Hall–Kier alpha value is -7.60. The second-order valence-corrected chi connectivity index (χ2v) is 16.3. The van der Waals surface area contributed by atoms with Crippen LogP contribution in [-0.4, -0.2) is 0 Å². The number of ether oxygens (including phenoxy) is 1. The summed E-state index contributed by atoms with van der Waals surface area (Å²) in [6, 6.07) is 78.1. The Labute approximate surface area is 351 Å². The summed E-state index contributed by atoms with van der Waals surface area (Å²) in [5.41, 5.74) is 12.7. The predicted octanol–water partition coefficient (Wildman–Crippen LogP) is 15.5. The van der Waals surface area contributed by atoms with Crippen molar-refractivity contribution in [2.45, 2.75) is 25.8 Å². The highest BCUT2D eigenvalue weighted by atomic mass is 16.5. The Kier molecular flexibility index (Phi) is 8.50. The molecule has 0 spiro atoms. The first kappa shape index (κ1) is 35.6. The number of benzene rings is 9. The number of nitrogens with zero attached hydrogens (tertiary/aromatic N) is 1. The number of hydrogen-bond acceptors (Lipinski definition) is 2. The Bertz CT molecular complexity index is 3220. The minimum absolute atomic E-state index is 0.267. The maximum Gasteiger partial charge on any atom is 0.136 e. The molecule has 0 fully saturated rings. The molecule has 0 saturated carbocycles. The molecule has 0 aliphatic heterocycles. The van der Waals surface area contributed by atoms with Crippen molar-refractivity contribution in [3.8, 4) is 44.9 Å². The van der Waals surface area contributed by atoms with Crippen LogP contribution in [0.3, 0.4) is 0 Å². The zero-order chi connectivity index (χ0) is 40.2. The third-order valence-electron chi connectivity index (χ3n) is 12.4. The van der Waals surface area contributed by atoms with Crippen molar-refractivity contribution in [1.82, 2.24) is 0 Å². The number of para-hydroxylation sites is 1. The summed E-state index contributed by atoms with van der Waals surface area (Å²) in [7, 11) is 0. The van der Waals surface area contributed by atoms with Crippen LogP contribution in [0.4, 0.5) is 11.4 Å². The lowest BCUT2D eigenvalue weighted by molar-refractivity contribution is 0.478. The predicted molar refractivity (Wildman–Crippen MR) is 250 cm³/mol. The van der Waals surface area contributed by atoms with E-state index in [1.165, 1.54) is 65.7 Å². The molecule has 0 amide bonds. The fourth-order valence-electron chi connectivity index (χ4n) is 9.59. The summed E-state index contributed by atoms with van der Waals surface area (Å²) in [5, 5.41) is 7.30. The van der Waals surface area contributed by atoms with Gasteiger partial charge in [-0.1, -0.05) is 184 Å². The summed E-state index contributed by atoms with van der Waals surface area (Å²) < 4.78 is 7.39. The van der Waals surface area contributed by atoms with Gasteiger partial charge in [-0.2, -0.15) is 0 Å². The molecule has 0 aromatic heterocycles. The van der Waals surface area contributed by atoms with Crippen LogP contribution in [0.1, 0.15) is 30.5 Å². The van der Waals surface area contributed by atoms with E-state index in [9.17, 15) is 0 Å². The molecule has 0 bridgehead atoms. The average Bonchev–Trinajstić information content (AvgIpc) is 3.55. The molecule has 10 aromatic rings. The van der Waals surface area contributed by atoms with E-state index in [0.29, 0.717) is 6.54 Å². The zero-order valence-electron chi connectivity index (χ0n) is 33.6. The van der Waals surface area contributed by atoms with Gasteiger partial charge in [-0.3, -0.25) is 0 Å². The number of hydrogen-bond donors (Lipinski definition) is 0. The molecular formula is C58H41NO. The number of anilines is 2. The SMILES string of the molecule is CC1(C)c2cccc(-c3cccc4ccccc34)c2-c2c(Oc3ccccc3CN(c3ccc(-c4c#cccc4)cc3)c3cccc4ccccc34)cc3ccccc3c21. The Morgan fingerprint density at radius 3 is 1.97 bits per heavy atom. The molecule has 1 aliphatic carbocycles. The third kappa shape index (κ3) is 5.90. The molecular weight excluding hydrogens is 727 g/mol. The lowest BCUT2D eigenvalue weighted by Gasteiger charge is -2.28. The lowest BCUT2D eigenvalue weighted by atomic mass is 9.80. The maximum atomic E-state index is 7.39. The molecule has 0 N–H and O–H groups in total. The van der Waals surface area contributed by atoms with E-state index in [0.717, 1.165) is 39.6 Å². The van der Waals surface area contributed by atoms with Crippen LogP contribution in [0.2, 0.25) is 0 Å². The molecule has 284 valence electrons. The lowest BCUT2D eigenvalue weighted by Crippen LogP contribution is -2.17. The van der Waals surface area contributed by atoms with Crippen LogP contribution >= 0.6 is 0 Å². The maximum absolute atomic E-state index is 7.39. The summed E-state index contributed by atoms with van der Waals surface area (Å²) in [6.07, 6.45) is 0. The van der Waals surface area contributed by atoms with Crippen LogP contribution in [-0.2, 0) is 12.0 Å². The van der Waals surface area contributed by atoms with Gasteiger partial charge in [0.2, 0.25) is 0 Å². The van der Waals surface area contributed by atoms with E-state index in [-0.39, 0.29) is 5.41 Å². The van der Waals surface area contributed by atoms with Crippen molar-refractivity contribution in [3.05, 3.63) is 229 Å². The highest BCUT2D eigenvalue weighted by Crippen LogP contribution is 2.58. The van der Waals surface area contributed by atoms with Gasteiger partial charge >= 0.3 is 0 Å². The molecule has 60 heavy (non-hydrogen) atoms. The van der Waals surface area contributed by atoms with Crippen molar-refractivity contribution >= 4 is 43.7 Å². The van der Waals surface area contributed by atoms with Crippen LogP contribution in [0.25, 0.3) is 65.7 Å².